The topological polar surface area (TPSA) is 93.9 Å². The third-order valence-corrected chi connectivity index (χ3v) is 2.67. The van der Waals surface area contributed by atoms with Crippen LogP contribution < -0.4 is 10.6 Å². The quantitative estimate of drug-likeness (QED) is 0.726. The van der Waals surface area contributed by atoms with E-state index in [1.54, 1.807) is 18.5 Å². The Balaban J connectivity index is 1.89. The fourth-order valence-corrected chi connectivity index (χ4v) is 1.78. The van der Waals surface area contributed by atoms with Gasteiger partial charge in [-0.15, -0.1) is 0 Å². The highest BCUT2D eigenvalue weighted by Crippen LogP contribution is 2.02. The largest absolute Gasteiger partial charge is 0.313 e. The molecule has 0 bridgehead atoms. The second-order valence-electron chi connectivity index (χ2n) is 3.94. The van der Waals surface area contributed by atoms with Gasteiger partial charge in [0.05, 0.1) is 12.6 Å². The van der Waals surface area contributed by atoms with Crippen LogP contribution in [0.1, 0.15) is 0 Å². The van der Waals surface area contributed by atoms with Gasteiger partial charge in [0.15, 0.2) is 0 Å². The number of carbonyl (C=O) groups excluding carboxylic acids is 1. The van der Waals surface area contributed by atoms with E-state index in [1.807, 2.05) is 4.90 Å². The van der Waals surface area contributed by atoms with Crippen LogP contribution in [0.5, 0.6) is 0 Å². The van der Waals surface area contributed by atoms with Gasteiger partial charge in [0.2, 0.25) is 11.9 Å². The van der Waals surface area contributed by atoms with Crippen LogP contribution >= 0.6 is 0 Å². The normalized spacial score (nSPS) is 20.1. The molecule has 18 heavy (non-hydrogen) atoms. The minimum atomic E-state index is -0.263. The number of carbonyl (C=O) groups is 1. The van der Waals surface area contributed by atoms with Crippen LogP contribution in [0, 0.1) is 11.3 Å². The molecule has 2 N–H and O–H groups in total. The van der Waals surface area contributed by atoms with Gasteiger partial charge in [-0.05, 0) is 6.07 Å². The van der Waals surface area contributed by atoms with Gasteiger partial charge in [-0.2, -0.15) is 5.26 Å². The molecule has 7 heteroatoms. The first-order valence-corrected chi connectivity index (χ1v) is 5.71. The molecule has 0 saturated carbocycles. The molecule has 1 amide bonds. The summed E-state index contributed by atoms with van der Waals surface area (Å²) in [5.74, 6) is 0.0782. The summed E-state index contributed by atoms with van der Waals surface area (Å²) in [6.45, 7) is 2.23. The van der Waals surface area contributed by atoms with E-state index in [4.69, 9.17) is 5.26 Å². The summed E-state index contributed by atoms with van der Waals surface area (Å²) in [7, 11) is 0. The van der Waals surface area contributed by atoms with Crippen molar-refractivity contribution >= 4 is 11.9 Å². The first kappa shape index (κ1) is 12.4. The predicted octanol–water partition coefficient (Wildman–Crippen LogP) is -0.788. The number of anilines is 1. The molecule has 2 rings (SSSR count). The molecule has 7 nitrogen and oxygen atoms in total. The van der Waals surface area contributed by atoms with E-state index in [-0.39, 0.29) is 24.4 Å². The minimum Gasteiger partial charge on any atom is -0.313 e. The zero-order valence-corrected chi connectivity index (χ0v) is 9.83. The van der Waals surface area contributed by atoms with Crippen LogP contribution in [0.25, 0.3) is 0 Å². The molecule has 1 atom stereocenters. The lowest BCUT2D eigenvalue weighted by molar-refractivity contribution is -0.117. The van der Waals surface area contributed by atoms with Gasteiger partial charge in [-0.1, -0.05) is 0 Å². The molecule has 0 aromatic carbocycles. The van der Waals surface area contributed by atoms with Gasteiger partial charge in [-0.25, -0.2) is 9.97 Å². The summed E-state index contributed by atoms with van der Waals surface area (Å²) < 4.78 is 0. The maximum absolute atomic E-state index is 11.8. The molecule has 0 radical (unpaired) electrons. The van der Waals surface area contributed by atoms with Gasteiger partial charge >= 0.3 is 0 Å². The summed E-state index contributed by atoms with van der Waals surface area (Å²) in [6, 6.07) is 3.59. The van der Waals surface area contributed by atoms with Crippen LogP contribution in [-0.4, -0.2) is 53.0 Å². The van der Waals surface area contributed by atoms with Crippen LogP contribution in [-0.2, 0) is 4.79 Å². The lowest BCUT2D eigenvalue weighted by atomic mass is 10.2. The Labute approximate surface area is 105 Å². The zero-order chi connectivity index (χ0) is 12.8. The number of nitrogens with zero attached hydrogens (tertiary/aromatic N) is 4. The highest BCUT2D eigenvalue weighted by atomic mass is 16.2. The number of nitriles is 1. The number of piperazine rings is 1. The third kappa shape index (κ3) is 3.23. The summed E-state index contributed by atoms with van der Waals surface area (Å²) >= 11 is 0. The number of rotatable bonds is 3. The summed E-state index contributed by atoms with van der Waals surface area (Å²) in [4.78, 5) is 21.4. The zero-order valence-electron chi connectivity index (χ0n) is 9.83. The molecular formula is C11H14N6O. The highest BCUT2D eigenvalue weighted by molar-refractivity contribution is 5.90. The maximum atomic E-state index is 11.8. The number of nitrogens with one attached hydrogen (secondary N) is 2. The van der Waals surface area contributed by atoms with Gasteiger partial charge in [0, 0.05) is 32.0 Å². The average Bonchev–Trinajstić information content (AvgIpc) is 2.40. The maximum Gasteiger partial charge on any atom is 0.240 e. The molecule has 0 aliphatic carbocycles. The SMILES string of the molecule is N#CC1CNCCN1CC(=O)Nc1ncccn1. The van der Waals surface area contributed by atoms with Crippen molar-refractivity contribution in [3.05, 3.63) is 18.5 Å². The van der Waals surface area contributed by atoms with Crippen molar-refractivity contribution in [1.29, 1.82) is 5.26 Å². The fraction of sp³-hybridized carbons (Fsp3) is 0.455. The van der Waals surface area contributed by atoms with E-state index in [1.165, 1.54) is 0 Å². The summed E-state index contributed by atoms with van der Waals surface area (Å²) in [5, 5.41) is 14.7. The molecular weight excluding hydrogens is 232 g/mol. The van der Waals surface area contributed by atoms with Crippen molar-refractivity contribution in [2.75, 3.05) is 31.5 Å². The monoisotopic (exact) mass is 246 g/mol. The number of aromatic nitrogens is 2. The smallest absolute Gasteiger partial charge is 0.240 e. The minimum absolute atomic E-state index is 0.179. The van der Waals surface area contributed by atoms with E-state index in [2.05, 4.69) is 26.7 Å². The van der Waals surface area contributed by atoms with E-state index in [0.717, 1.165) is 6.54 Å². The van der Waals surface area contributed by atoms with Crippen molar-refractivity contribution in [3.8, 4) is 6.07 Å². The Morgan fingerprint density at radius 3 is 3.11 bits per heavy atom. The predicted molar refractivity (Wildman–Crippen MR) is 64.5 cm³/mol. The van der Waals surface area contributed by atoms with Crippen molar-refractivity contribution in [2.24, 2.45) is 0 Å². The Kier molecular flexibility index (Phi) is 4.17. The van der Waals surface area contributed by atoms with Gasteiger partial charge in [0.25, 0.3) is 0 Å². The number of hydrogen-bond donors (Lipinski definition) is 2. The number of amides is 1. The van der Waals surface area contributed by atoms with Gasteiger partial charge in [0.1, 0.15) is 6.04 Å². The Morgan fingerprint density at radius 1 is 1.61 bits per heavy atom. The van der Waals surface area contributed by atoms with E-state index < -0.39 is 0 Å². The molecule has 1 aromatic heterocycles. The molecule has 1 fully saturated rings. The highest BCUT2D eigenvalue weighted by Gasteiger charge is 2.23. The summed E-state index contributed by atoms with van der Waals surface area (Å²) in [5.41, 5.74) is 0. The third-order valence-electron chi connectivity index (χ3n) is 2.67. The second kappa shape index (κ2) is 6.05. The lowest BCUT2D eigenvalue weighted by Gasteiger charge is -2.30. The molecule has 1 aliphatic rings. The molecule has 1 aromatic rings. The molecule has 1 saturated heterocycles. The van der Waals surface area contributed by atoms with E-state index in [9.17, 15) is 4.79 Å². The molecule has 1 aliphatic heterocycles. The fourth-order valence-electron chi connectivity index (χ4n) is 1.78. The summed E-state index contributed by atoms with van der Waals surface area (Å²) in [6.07, 6.45) is 3.12. The van der Waals surface area contributed by atoms with Crippen LogP contribution in [0.15, 0.2) is 18.5 Å². The Morgan fingerprint density at radius 2 is 2.39 bits per heavy atom. The van der Waals surface area contributed by atoms with Crippen LogP contribution in [0.2, 0.25) is 0 Å². The molecule has 2 heterocycles. The number of hydrogen-bond acceptors (Lipinski definition) is 6. The van der Waals surface area contributed by atoms with Crippen molar-refractivity contribution < 1.29 is 4.79 Å². The lowest BCUT2D eigenvalue weighted by Crippen LogP contribution is -2.52. The van der Waals surface area contributed by atoms with Crippen molar-refractivity contribution in [1.82, 2.24) is 20.2 Å². The van der Waals surface area contributed by atoms with Gasteiger partial charge in [-0.3, -0.25) is 15.0 Å². The first-order valence-electron chi connectivity index (χ1n) is 5.71. The van der Waals surface area contributed by atoms with Crippen molar-refractivity contribution in [3.63, 3.8) is 0 Å². The second-order valence-corrected chi connectivity index (χ2v) is 3.94. The van der Waals surface area contributed by atoms with E-state index >= 15 is 0 Å². The molecule has 0 spiro atoms. The molecule has 94 valence electrons. The first-order chi connectivity index (χ1) is 8.79. The molecule has 1 unspecified atom stereocenters. The average molecular weight is 246 g/mol. The van der Waals surface area contributed by atoms with Crippen LogP contribution in [0.3, 0.4) is 0 Å². The van der Waals surface area contributed by atoms with Crippen LogP contribution in [0.4, 0.5) is 5.95 Å². The standard InChI is InChI=1S/C11H14N6O/c12-6-9-7-13-4-5-17(9)8-10(18)16-11-14-2-1-3-15-11/h1-3,9,13H,4-5,7-8H2,(H,14,15,16,18). The van der Waals surface area contributed by atoms with Gasteiger partial charge < -0.3 is 5.32 Å². The van der Waals surface area contributed by atoms with Crippen molar-refractivity contribution in [2.45, 2.75) is 6.04 Å². The Bertz CT molecular complexity index is 443. The Hall–Kier alpha value is -2.04. The van der Waals surface area contributed by atoms with E-state index in [0.29, 0.717) is 13.1 Å².